The Labute approximate surface area is 193 Å². The predicted molar refractivity (Wildman–Crippen MR) is 123 cm³/mol. The molecule has 1 amide bonds. The van der Waals surface area contributed by atoms with Gasteiger partial charge in [-0.05, 0) is 50.5 Å². The summed E-state index contributed by atoms with van der Waals surface area (Å²) < 4.78 is 22.6. The van der Waals surface area contributed by atoms with Gasteiger partial charge in [-0.1, -0.05) is 0 Å². The molecule has 2 aromatic rings. The van der Waals surface area contributed by atoms with Gasteiger partial charge in [-0.3, -0.25) is 5.41 Å². The van der Waals surface area contributed by atoms with Gasteiger partial charge in [-0.25, -0.2) is 9.78 Å². The van der Waals surface area contributed by atoms with Gasteiger partial charge in [0.25, 0.3) is 0 Å². The zero-order valence-corrected chi connectivity index (χ0v) is 19.0. The first-order valence-electron chi connectivity index (χ1n) is 11.2. The molecule has 33 heavy (non-hydrogen) atoms. The summed E-state index contributed by atoms with van der Waals surface area (Å²) in [7, 11) is 1.51. The molecule has 3 N–H and O–H groups in total. The Balaban J connectivity index is 1.72. The summed E-state index contributed by atoms with van der Waals surface area (Å²) in [5.74, 6) is 1.000. The number of nitrogens with zero attached hydrogens (tertiary/aromatic N) is 1. The van der Waals surface area contributed by atoms with E-state index >= 15 is 0 Å². The van der Waals surface area contributed by atoms with Crippen molar-refractivity contribution in [3.8, 4) is 11.6 Å². The lowest BCUT2D eigenvalue weighted by Crippen LogP contribution is -2.28. The number of carbonyl (C=O) groups excluding carboxylic acids is 1. The standard InChI is InChI=1S/C24H30N4O5/c1-15-8-9-26-24(29)32-14-17-11-16(13-27-23(17)30-2)22(25)19-12-18(33-15)6-7-20(19)28-21-5-3-4-10-31-21/h6-7,11-13,15,21,25,28H,3-5,8-10,14H2,1-2H3,(H,26,29)/t15-,21?/m1/s1. The lowest BCUT2D eigenvalue weighted by molar-refractivity contribution is 0.0343. The molecular formula is C24H30N4O5. The van der Waals surface area contributed by atoms with E-state index in [-0.39, 0.29) is 24.7 Å². The fourth-order valence-electron chi connectivity index (χ4n) is 3.90. The Morgan fingerprint density at radius 2 is 2.12 bits per heavy atom. The summed E-state index contributed by atoms with van der Waals surface area (Å²) in [6, 6.07) is 7.43. The minimum Gasteiger partial charge on any atom is -0.491 e. The van der Waals surface area contributed by atoms with Gasteiger partial charge in [0.15, 0.2) is 0 Å². The average molecular weight is 455 g/mol. The van der Waals surface area contributed by atoms with E-state index in [0.29, 0.717) is 41.3 Å². The number of benzene rings is 1. The molecule has 2 aliphatic rings. The lowest BCUT2D eigenvalue weighted by Gasteiger charge is -2.26. The maximum absolute atomic E-state index is 12.1. The lowest BCUT2D eigenvalue weighted by atomic mass is 10.00. The number of hydrogen-bond donors (Lipinski definition) is 3. The number of fused-ring (bicyclic) bond motifs is 4. The second-order valence-corrected chi connectivity index (χ2v) is 8.19. The van der Waals surface area contributed by atoms with Crippen molar-refractivity contribution in [2.24, 2.45) is 0 Å². The highest BCUT2D eigenvalue weighted by atomic mass is 16.5. The van der Waals surface area contributed by atoms with Gasteiger partial charge in [-0.2, -0.15) is 0 Å². The number of alkyl carbamates (subject to hydrolysis) is 1. The van der Waals surface area contributed by atoms with Crippen molar-refractivity contribution in [3.63, 3.8) is 0 Å². The summed E-state index contributed by atoms with van der Waals surface area (Å²) in [6.07, 6.45) is 4.50. The molecule has 176 valence electrons. The maximum Gasteiger partial charge on any atom is 0.407 e. The van der Waals surface area contributed by atoms with Crippen LogP contribution in [0.15, 0.2) is 30.5 Å². The van der Waals surface area contributed by atoms with Gasteiger partial charge in [0, 0.05) is 42.6 Å². The topological polar surface area (TPSA) is 115 Å². The van der Waals surface area contributed by atoms with Crippen LogP contribution in [0.4, 0.5) is 10.5 Å². The summed E-state index contributed by atoms with van der Waals surface area (Å²) in [5.41, 5.74) is 2.89. The van der Waals surface area contributed by atoms with Crippen molar-refractivity contribution in [1.29, 1.82) is 5.41 Å². The Bertz CT molecular complexity index is 1010. The van der Waals surface area contributed by atoms with E-state index in [1.54, 1.807) is 12.3 Å². The number of methoxy groups -OCH3 is 1. The number of rotatable bonds is 3. The van der Waals surface area contributed by atoms with E-state index in [0.717, 1.165) is 31.6 Å². The fraction of sp³-hybridized carbons (Fsp3) is 0.458. The van der Waals surface area contributed by atoms with Crippen LogP contribution < -0.4 is 20.1 Å². The Kier molecular flexibility index (Phi) is 7.29. The van der Waals surface area contributed by atoms with Gasteiger partial charge in [-0.15, -0.1) is 0 Å². The molecule has 4 rings (SSSR count). The Morgan fingerprint density at radius 3 is 2.91 bits per heavy atom. The second kappa shape index (κ2) is 10.5. The van der Waals surface area contributed by atoms with Crippen molar-refractivity contribution >= 4 is 17.5 Å². The molecule has 1 unspecified atom stereocenters. The summed E-state index contributed by atoms with van der Waals surface area (Å²) >= 11 is 0. The van der Waals surface area contributed by atoms with Gasteiger partial charge in [0.05, 0.1) is 24.5 Å². The van der Waals surface area contributed by atoms with Crippen molar-refractivity contribution in [3.05, 3.63) is 47.2 Å². The fourth-order valence-corrected chi connectivity index (χ4v) is 3.90. The largest absolute Gasteiger partial charge is 0.491 e. The van der Waals surface area contributed by atoms with Gasteiger partial charge >= 0.3 is 6.09 Å². The van der Waals surface area contributed by atoms with E-state index in [2.05, 4.69) is 15.6 Å². The zero-order chi connectivity index (χ0) is 23.2. The number of anilines is 1. The highest BCUT2D eigenvalue weighted by molar-refractivity contribution is 6.14. The number of aromatic nitrogens is 1. The molecule has 0 spiro atoms. The van der Waals surface area contributed by atoms with Crippen LogP contribution in [-0.4, -0.2) is 49.4 Å². The van der Waals surface area contributed by atoms with Crippen LogP contribution in [-0.2, 0) is 16.1 Å². The maximum atomic E-state index is 12.1. The number of cyclic esters (lactones) is 1. The van der Waals surface area contributed by atoms with Gasteiger partial charge in [0.1, 0.15) is 18.6 Å². The number of nitrogens with one attached hydrogen (secondary N) is 3. The quantitative estimate of drug-likeness (QED) is 0.645. The molecule has 3 heterocycles. The SMILES string of the molecule is COc1ncc2cc1COC(=O)NCC[C@@H](C)Oc1ccc(NC3CCCCO3)c(c1)C2=N. The number of hydrogen-bond acceptors (Lipinski definition) is 8. The number of pyridine rings is 1. The van der Waals surface area contributed by atoms with Gasteiger partial charge in [0.2, 0.25) is 5.88 Å². The van der Waals surface area contributed by atoms with Crippen LogP contribution in [0.1, 0.15) is 49.3 Å². The summed E-state index contributed by atoms with van der Waals surface area (Å²) in [4.78, 5) is 16.4. The highest BCUT2D eigenvalue weighted by Crippen LogP contribution is 2.29. The van der Waals surface area contributed by atoms with Crippen molar-refractivity contribution in [2.75, 3.05) is 25.6 Å². The summed E-state index contributed by atoms with van der Waals surface area (Å²) in [5, 5.41) is 15.1. The monoisotopic (exact) mass is 454 g/mol. The van der Waals surface area contributed by atoms with Crippen LogP contribution in [0.5, 0.6) is 11.6 Å². The molecule has 1 saturated heterocycles. The second-order valence-electron chi connectivity index (χ2n) is 8.19. The number of amides is 1. The number of carbonyl (C=O) groups is 1. The normalized spacial score (nSPS) is 21.5. The van der Waals surface area contributed by atoms with Gasteiger partial charge < -0.3 is 29.6 Å². The van der Waals surface area contributed by atoms with Crippen LogP contribution in [0.25, 0.3) is 0 Å². The van der Waals surface area contributed by atoms with E-state index in [1.807, 2.05) is 25.1 Å². The smallest absolute Gasteiger partial charge is 0.407 e. The minimum atomic E-state index is -0.529. The van der Waals surface area contributed by atoms with Crippen LogP contribution in [0.3, 0.4) is 0 Å². The zero-order valence-electron chi connectivity index (χ0n) is 19.0. The van der Waals surface area contributed by atoms with Crippen LogP contribution in [0, 0.1) is 5.41 Å². The molecule has 1 fully saturated rings. The first-order chi connectivity index (χ1) is 16.0. The van der Waals surface area contributed by atoms with E-state index in [9.17, 15) is 4.79 Å². The molecule has 9 heteroatoms. The molecule has 2 aliphatic heterocycles. The molecule has 0 radical (unpaired) electrons. The molecular weight excluding hydrogens is 424 g/mol. The molecule has 4 bridgehead atoms. The van der Waals surface area contributed by atoms with Crippen molar-refractivity contribution in [2.45, 2.75) is 51.5 Å². The van der Waals surface area contributed by atoms with Crippen molar-refractivity contribution < 1.29 is 23.7 Å². The molecule has 1 aromatic carbocycles. The third-order valence-corrected chi connectivity index (χ3v) is 5.68. The van der Waals surface area contributed by atoms with Crippen molar-refractivity contribution in [1.82, 2.24) is 10.3 Å². The first kappa shape index (κ1) is 22.8. The van der Waals surface area contributed by atoms with E-state index < -0.39 is 6.09 Å². The first-order valence-corrected chi connectivity index (χ1v) is 11.2. The third kappa shape index (κ3) is 5.73. The average Bonchev–Trinajstić information content (AvgIpc) is 2.83. The third-order valence-electron chi connectivity index (χ3n) is 5.68. The number of ether oxygens (including phenoxy) is 4. The minimum absolute atomic E-state index is 0.0176. The van der Waals surface area contributed by atoms with Crippen LogP contribution in [0.2, 0.25) is 0 Å². The molecule has 0 aliphatic carbocycles. The summed E-state index contributed by atoms with van der Waals surface area (Å²) in [6.45, 7) is 3.06. The Hall–Kier alpha value is -3.33. The van der Waals surface area contributed by atoms with Crippen LogP contribution >= 0.6 is 0 Å². The molecule has 9 nitrogen and oxygen atoms in total. The van der Waals surface area contributed by atoms with E-state index in [4.69, 9.17) is 24.4 Å². The highest BCUT2D eigenvalue weighted by Gasteiger charge is 2.20. The molecule has 2 atom stereocenters. The predicted octanol–water partition coefficient (Wildman–Crippen LogP) is 3.84. The van der Waals surface area contributed by atoms with E-state index in [1.165, 1.54) is 7.11 Å². The Morgan fingerprint density at radius 1 is 1.24 bits per heavy atom. The molecule has 1 aromatic heterocycles. The molecule has 0 saturated carbocycles.